The lowest BCUT2D eigenvalue weighted by Gasteiger charge is -2.46. The van der Waals surface area contributed by atoms with E-state index in [0.717, 1.165) is 18.4 Å². The Morgan fingerprint density at radius 1 is 1.00 bits per heavy atom. The standard InChI is InChI=1S/C20H24O/c1-18(2)15-11-12-19(18,3)20(21,13-15)17-10-6-8-14-7-4-5-9-16(14)17/h4-10,15,21H,11-13H2,1-3H3/t15?,19-,20?/m0/s1. The molecule has 0 spiro atoms. The molecular formula is C20H24O. The minimum atomic E-state index is -0.694. The molecule has 2 bridgehead atoms. The van der Waals surface area contributed by atoms with Crippen molar-refractivity contribution in [3.63, 3.8) is 0 Å². The summed E-state index contributed by atoms with van der Waals surface area (Å²) >= 11 is 0. The van der Waals surface area contributed by atoms with Gasteiger partial charge in [0, 0.05) is 5.41 Å². The van der Waals surface area contributed by atoms with E-state index in [1.165, 1.54) is 17.2 Å². The first kappa shape index (κ1) is 13.3. The summed E-state index contributed by atoms with van der Waals surface area (Å²) in [5.41, 5.74) is 0.617. The van der Waals surface area contributed by atoms with Crippen LogP contribution in [-0.4, -0.2) is 5.11 Å². The summed E-state index contributed by atoms with van der Waals surface area (Å²) in [7, 11) is 0. The summed E-state index contributed by atoms with van der Waals surface area (Å²) < 4.78 is 0. The van der Waals surface area contributed by atoms with Gasteiger partial charge >= 0.3 is 0 Å². The summed E-state index contributed by atoms with van der Waals surface area (Å²) in [5, 5.41) is 14.2. The van der Waals surface area contributed by atoms with Crippen molar-refractivity contribution in [2.75, 3.05) is 0 Å². The minimum absolute atomic E-state index is 0.0329. The maximum absolute atomic E-state index is 11.7. The molecule has 0 aromatic heterocycles. The van der Waals surface area contributed by atoms with Crippen LogP contribution in [0.15, 0.2) is 42.5 Å². The second-order valence-electron chi connectivity index (χ2n) is 7.88. The van der Waals surface area contributed by atoms with Gasteiger partial charge in [-0.2, -0.15) is 0 Å². The smallest absolute Gasteiger partial charge is 0.0963 e. The van der Waals surface area contributed by atoms with Crippen LogP contribution in [0.1, 0.15) is 45.6 Å². The molecule has 1 nitrogen and oxygen atoms in total. The summed E-state index contributed by atoms with van der Waals surface area (Å²) in [6.07, 6.45) is 3.30. The highest BCUT2D eigenvalue weighted by atomic mass is 16.3. The number of hydrogen-bond donors (Lipinski definition) is 1. The molecular weight excluding hydrogens is 256 g/mol. The normalized spacial score (nSPS) is 37.2. The molecule has 2 aliphatic rings. The Morgan fingerprint density at radius 2 is 1.71 bits per heavy atom. The van der Waals surface area contributed by atoms with E-state index in [-0.39, 0.29) is 10.8 Å². The molecule has 21 heavy (non-hydrogen) atoms. The fourth-order valence-corrected chi connectivity index (χ4v) is 5.27. The number of rotatable bonds is 1. The monoisotopic (exact) mass is 280 g/mol. The molecule has 2 fully saturated rings. The van der Waals surface area contributed by atoms with E-state index in [2.05, 4.69) is 63.2 Å². The summed E-state index contributed by atoms with van der Waals surface area (Å²) in [4.78, 5) is 0. The van der Waals surface area contributed by atoms with Gasteiger partial charge in [-0.1, -0.05) is 63.2 Å². The van der Waals surface area contributed by atoms with Crippen LogP contribution in [0.3, 0.4) is 0 Å². The maximum atomic E-state index is 11.7. The van der Waals surface area contributed by atoms with Gasteiger partial charge in [0.25, 0.3) is 0 Å². The summed E-state index contributed by atoms with van der Waals surface area (Å²) in [6, 6.07) is 14.8. The van der Waals surface area contributed by atoms with Crippen molar-refractivity contribution < 1.29 is 5.11 Å². The highest BCUT2D eigenvalue weighted by Gasteiger charge is 2.68. The lowest BCUT2D eigenvalue weighted by Crippen LogP contribution is -2.44. The number of aliphatic hydroxyl groups is 1. The van der Waals surface area contributed by atoms with E-state index in [4.69, 9.17) is 0 Å². The molecule has 110 valence electrons. The van der Waals surface area contributed by atoms with Crippen LogP contribution >= 0.6 is 0 Å². The fourth-order valence-electron chi connectivity index (χ4n) is 5.27. The molecule has 1 N–H and O–H groups in total. The third-order valence-corrected chi connectivity index (χ3v) is 7.13. The summed E-state index contributed by atoms with van der Waals surface area (Å²) in [5.74, 6) is 0.631. The Bertz CT molecular complexity index is 711. The first-order valence-electron chi connectivity index (χ1n) is 8.11. The maximum Gasteiger partial charge on any atom is 0.0963 e. The van der Waals surface area contributed by atoms with Crippen LogP contribution in [0, 0.1) is 16.7 Å². The molecule has 2 aromatic carbocycles. The van der Waals surface area contributed by atoms with Gasteiger partial charge in [0.1, 0.15) is 0 Å². The zero-order chi connectivity index (χ0) is 14.9. The van der Waals surface area contributed by atoms with Gasteiger partial charge in [-0.25, -0.2) is 0 Å². The lowest BCUT2D eigenvalue weighted by atomic mass is 9.62. The molecule has 4 rings (SSSR count). The quantitative estimate of drug-likeness (QED) is 0.790. The van der Waals surface area contributed by atoms with E-state index < -0.39 is 5.60 Å². The molecule has 0 aliphatic heterocycles. The lowest BCUT2D eigenvalue weighted by molar-refractivity contribution is -0.0946. The van der Waals surface area contributed by atoms with Crippen LogP contribution in [0.2, 0.25) is 0 Å². The van der Waals surface area contributed by atoms with Crippen molar-refractivity contribution in [3.05, 3.63) is 48.0 Å². The van der Waals surface area contributed by atoms with E-state index in [0.29, 0.717) is 5.92 Å². The number of hydrogen-bond acceptors (Lipinski definition) is 1. The molecule has 0 amide bonds. The number of fused-ring (bicyclic) bond motifs is 3. The Hall–Kier alpha value is -1.34. The average molecular weight is 280 g/mol. The van der Waals surface area contributed by atoms with Crippen molar-refractivity contribution in [3.8, 4) is 0 Å². The van der Waals surface area contributed by atoms with Gasteiger partial charge in [0.2, 0.25) is 0 Å². The van der Waals surface area contributed by atoms with Gasteiger partial charge in [-0.3, -0.25) is 0 Å². The molecule has 0 heterocycles. The van der Waals surface area contributed by atoms with Gasteiger partial charge in [0.15, 0.2) is 0 Å². The molecule has 3 atom stereocenters. The van der Waals surface area contributed by atoms with E-state index >= 15 is 0 Å². The molecule has 2 aromatic rings. The molecule has 0 saturated heterocycles. The largest absolute Gasteiger partial charge is 0.385 e. The van der Waals surface area contributed by atoms with Gasteiger partial charge in [-0.15, -0.1) is 0 Å². The van der Waals surface area contributed by atoms with Crippen molar-refractivity contribution in [2.45, 2.75) is 45.6 Å². The van der Waals surface area contributed by atoms with Crippen LogP contribution in [-0.2, 0) is 5.60 Å². The third kappa shape index (κ3) is 1.41. The fraction of sp³-hybridized carbons (Fsp3) is 0.500. The zero-order valence-electron chi connectivity index (χ0n) is 13.2. The molecule has 2 unspecified atom stereocenters. The first-order valence-corrected chi connectivity index (χ1v) is 8.11. The average Bonchev–Trinajstić information content (AvgIpc) is 2.79. The van der Waals surface area contributed by atoms with Gasteiger partial charge in [0.05, 0.1) is 5.60 Å². The SMILES string of the molecule is CC1(C)C2CC[C@]1(C)C(O)(c1cccc3ccccc13)C2. The molecule has 2 saturated carbocycles. The molecule has 2 aliphatic carbocycles. The highest BCUT2D eigenvalue weighted by Crippen LogP contribution is 2.72. The van der Waals surface area contributed by atoms with Gasteiger partial charge in [-0.05, 0) is 46.9 Å². The van der Waals surface area contributed by atoms with Crippen LogP contribution in [0.5, 0.6) is 0 Å². The van der Waals surface area contributed by atoms with Crippen LogP contribution in [0.4, 0.5) is 0 Å². The first-order chi connectivity index (χ1) is 9.90. The second-order valence-corrected chi connectivity index (χ2v) is 7.88. The van der Waals surface area contributed by atoms with Gasteiger partial charge < -0.3 is 5.11 Å². The van der Waals surface area contributed by atoms with Crippen LogP contribution < -0.4 is 0 Å². The zero-order valence-corrected chi connectivity index (χ0v) is 13.2. The third-order valence-electron chi connectivity index (χ3n) is 7.13. The van der Waals surface area contributed by atoms with Crippen molar-refractivity contribution in [1.82, 2.24) is 0 Å². The van der Waals surface area contributed by atoms with Crippen LogP contribution in [0.25, 0.3) is 10.8 Å². The molecule has 0 radical (unpaired) electrons. The predicted molar refractivity (Wildman–Crippen MR) is 87.1 cm³/mol. The van der Waals surface area contributed by atoms with E-state index in [1.807, 2.05) is 0 Å². The number of benzene rings is 2. The Labute approximate surface area is 127 Å². The van der Waals surface area contributed by atoms with Crippen molar-refractivity contribution in [2.24, 2.45) is 16.7 Å². The van der Waals surface area contributed by atoms with Crippen molar-refractivity contribution in [1.29, 1.82) is 0 Å². The Morgan fingerprint density at radius 3 is 2.38 bits per heavy atom. The van der Waals surface area contributed by atoms with E-state index in [1.54, 1.807) is 0 Å². The molecule has 1 heteroatoms. The van der Waals surface area contributed by atoms with Crippen molar-refractivity contribution >= 4 is 10.8 Å². The minimum Gasteiger partial charge on any atom is -0.385 e. The Kier molecular flexibility index (Phi) is 2.47. The Balaban J connectivity index is 1.98. The highest BCUT2D eigenvalue weighted by molar-refractivity contribution is 5.86. The summed E-state index contributed by atoms with van der Waals surface area (Å²) in [6.45, 7) is 7.02. The topological polar surface area (TPSA) is 20.2 Å². The van der Waals surface area contributed by atoms with E-state index in [9.17, 15) is 5.11 Å². The second kappa shape index (κ2) is 3.89. The predicted octanol–water partition coefficient (Wildman–Crippen LogP) is 4.87.